The van der Waals surface area contributed by atoms with E-state index in [-0.39, 0.29) is 22.5 Å². The van der Waals surface area contributed by atoms with Crippen molar-refractivity contribution in [2.45, 2.75) is 6.61 Å². The van der Waals surface area contributed by atoms with Crippen LogP contribution in [0.3, 0.4) is 0 Å². The first-order valence-corrected chi connectivity index (χ1v) is 4.36. The summed E-state index contributed by atoms with van der Waals surface area (Å²) in [6.45, 7) is -0.659. The fraction of sp³-hybridized carbons (Fsp3) is 0.100. The van der Waals surface area contributed by atoms with Gasteiger partial charge in [0.15, 0.2) is 5.76 Å². The van der Waals surface area contributed by atoms with Crippen molar-refractivity contribution >= 4 is 11.0 Å². The van der Waals surface area contributed by atoms with E-state index >= 15 is 0 Å². The van der Waals surface area contributed by atoms with Crippen molar-refractivity contribution in [3.63, 3.8) is 0 Å². The molecule has 1 aromatic heterocycles. The minimum atomic E-state index is -0.859. The van der Waals surface area contributed by atoms with Crippen LogP contribution in [0.15, 0.2) is 21.3 Å². The standard InChI is InChI=1S/C10H8O6/c11-3-7-9(14)10(15)8-5(13)1-4(12)2-6(8)16-7/h1-2,11-14H,3H2. The Kier molecular flexibility index (Phi) is 2.21. The van der Waals surface area contributed by atoms with E-state index in [0.29, 0.717) is 0 Å². The third kappa shape index (κ3) is 1.36. The number of fused-ring (bicyclic) bond motifs is 1. The number of hydrogen-bond donors (Lipinski definition) is 4. The summed E-state index contributed by atoms with van der Waals surface area (Å²) >= 11 is 0. The first-order chi connectivity index (χ1) is 7.54. The Morgan fingerprint density at radius 2 is 1.88 bits per heavy atom. The molecule has 0 amide bonds. The highest BCUT2D eigenvalue weighted by atomic mass is 16.4. The second-order valence-corrected chi connectivity index (χ2v) is 3.20. The molecular weight excluding hydrogens is 216 g/mol. The Bertz CT molecular complexity index is 613. The lowest BCUT2D eigenvalue weighted by Crippen LogP contribution is -2.04. The summed E-state index contributed by atoms with van der Waals surface area (Å²) in [6, 6.07) is 2.06. The molecule has 0 saturated heterocycles. The second-order valence-electron chi connectivity index (χ2n) is 3.20. The van der Waals surface area contributed by atoms with Crippen molar-refractivity contribution < 1.29 is 24.8 Å². The molecule has 0 unspecified atom stereocenters. The van der Waals surface area contributed by atoms with Crippen molar-refractivity contribution in [3.05, 3.63) is 28.1 Å². The van der Waals surface area contributed by atoms with Crippen LogP contribution in [0.4, 0.5) is 0 Å². The summed E-state index contributed by atoms with van der Waals surface area (Å²) in [7, 11) is 0. The number of aliphatic hydroxyl groups excluding tert-OH is 1. The lowest BCUT2D eigenvalue weighted by molar-refractivity contribution is 0.238. The van der Waals surface area contributed by atoms with Crippen LogP contribution in [0, 0.1) is 0 Å². The number of hydrogen-bond acceptors (Lipinski definition) is 6. The summed E-state index contributed by atoms with van der Waals surface area (Å²) in [5.41, 5.74) is -0.966. The largest absolute Gasteiger partial charge is 0.508 e. The lowest BCUT2D eigenvalue weighted by atomic mass is 10.2. The van der Waals surface area contributed by atoms with Crippen LogP contribution in [-0.2, 0) is 6.61 Å². The van der Waals surface area contributed by atoms with Gasteiger partial charge in [-0.25, -0.2) is 0 Å². The number of benzene rings is 1. The van der Waals surface area contributed by atoms with Crippen LogP contribution in [0.1, 0.15) is 5.76 Å². The molecule has 84 valence electrons. The van der Waals surface area contributed by atoms with Gasteiger partial charge in [-0.05, 0) is 0 Å². The molecule has 0 saturated carbocycles. The molecule has 6 nitrogen and oxygen atoms in total. The zero-order valence-electron chi connectivity index (χ0n) is 7.97. The van der Waals surface area contributed by atoms with Gasteiger partial charge in [-0.3, -0.25) is 4.79 Å². The average Bonchev–Trinajstić information content (AvgIpc) is 2.22. The van der Waals surface area contributed by atoms with E-state index in [0.717, 1.165) is 12.1 Å². The van der Waals surface area contributed by atoms with Crippen LogP contribution >= 0.6 is 0 Å². The van der Waals surface area contributed by atoms with Crippen LogP contribution < -0.4 is 5.43 Å². The molecule has 0 atom stereocenters. The monoisotopic (exact) mass is 224 g/mol. The summed E-state index contributed by atoms with van der Waals surface area (Å²) in [5, 5.41) is 36.5. The molecule has 0 radical (unpaired) electrons. The predicted molar refractivity (Wildman–Crippen MR) is 53.4 cm³/mol. The number of aliphatic hydroxyl groups is 1. The molecule has 1 aromatic carbocycles. The quantitative estimate of drug-likeness (QED) is 0.558. The first kappa shape index (κ1) is 10.3. The van der Waals surface area contributed by atoms with Gasteiger partial charge in [0.1, 0.15) is 29.1 Å². The van der Waals surface area contributed by atoms with Crippen molar-refractivity contribution in [2.24, 2.45) is 0 Å². The molecular formula is C10H8O6. The maximum atomic E-state index is 11.6. The number of phenolic OH excluding ortho intramolecular Hbond substituents is 2. The third-order valence-corrected chi connectivity index (χ3v) is 2.15. The summed E-state index contributed by atoms with van der Waals surface area (Å²) in [5.74, 6) is -1.86. The molecule has 0 aliphatic carbocycles. The Morgan fingerprint density at radius 1 is 1.19 bits per heavy atom. The van der Waals surface area contributed by atoms with E-state index in [1.165, 1.54) is 0 Å². The highest BCUT2D eigenvalue weighted by Crippen LogP contribution is 2.30. The highest BCUT2D eigenvalue weighted by Gasteiger charge is 2.16. The minimum absolute atomic E-state index is 0.107. The van der Waals surface area contributed by atoms with Gasteiger partial charge in [0.2, 0.25) is 11.2 Å². The van der Waals surface area contributed by atoms with Crippen molar-refractivity contribution in [2.75, 3.05) is 0 Å². The van der Waals surface area contributed by atoms with E-state index in [4.69, 9.17) is 9.52 Å². The molecule has 6 heteroatoms. The zero-order valence-corrected chi connectivity index (χ0v) is 7.97. The fourth-order valence-electron chi connectivity index (χ4n) is 1.43. The predicted octanol–water partition coefficient (Wildman–Crippen LogP) is 0.402. The number of rotatable bonds is 1. The molecule has 16 heavy (non-hydrogen) atoms. The van der Waals surface area contributed by atoms with E-state index in [9.17, 15) is 20.1 Å². The number of aromatic hydroxyl groups is 3. The molecule has 0 aliphatic heterocycles. The molecule has 0 bridgehead atoms. The third-order valence-electron chi connectivity index (χ3n) is 2.15. The fourth-order valence-corrected chi connectivity index (χ4v) is 1.43. The molecule has 4 N–H and O–H groups in total. The molecule has 0 spiro atoms. The summed E-state index contributed by atoms with van der Waals surface area (Å²) in [6.07, 6.45) is 0. The van der Waals surface area contributed by atoms with Gasteiger partial charge in [0.25, 0.3) is 0 Å². The lowest BCUT2D eigenvalue weighted by Gasteiger charge is -2.04. The van der Waals surface area contributed by atoms with Gasteiger partial charge >= 0.3 is 0 Å². The summed E-state index contributed by atoms with van der Waals surface area (Å²) in [4.78, 5) is 11.6. The summed E-state index contributed by atoms with van der Waals surface area (Å²) < 4.78 is 4.96. The molecule has 0 aliphatic rings. The highest BCUT2D eigenvalue weighted by molar-refractivity contribution is 5.85. The van der Waals surface area contributed by atoms with Crippen molar-refractivity contribution in [1.82, 2.24) is 0 Å². The van der Waals surface area contributed by atoms with Crippen molar-refractivity contribution in [3.8, 4) is 17.2 Å². The first-order valence-electron chi connectivity index (χ1n) is 4.36. The van der Waals surface area contributed by atoms with Gasteiger partial charge in [-0.2, -0.15) is 0 Å². The topological polar surface area (TPSA) is 111 Å². The van der Waals surface area contributed by atoms with E-state index in [2.05, 4.69) is 0 Å². The Hall–Kier alpha value is -2.21. The van der Waals surface area contributed by atoms with Gasteiger partial charge < -0.3 is 24.8 Å². The maximum Gasteiger partial charge on any atom is 0.238 e. The van der Waals surface area contributed by atoms with Gasteiger partial charge in [0.05, 0.1) is 0 Å². The minimum Gasteiger partial charge on any atom is -0.508 e. The second kappa shape index (κ2) is 3.42. The van der Waals surface area contributed by atoms with Crippen LogP contribution in [0.5, 0.6) is 17.2 Å². The smallest absolute Gasteiger partial charge is 0.238 e. The Labute approximate surface area is 88.6 Å². The van der Waals surface area contributed by atoms with E-state index < -0.39 is 23.5 Å². The van der Waals surface area contributed by atoms with Crippen LogP contribution in [0.2, 0.25) is 0 Å². The van der Waals surface area contributed by atoms with Gasteiger partial charge in [0, 0.05) is 12.1 Å². The molecule has 1 heterocycles. The molecule has 2 rings (SSSR count). The number of phenols is 2. The maximum absolute atomic E-state index is 11.6. The molecule has 0 fully saturated rings. The SMILES string of the molecule is O=c1c(O)c(CO)oc2cc(O)cc(O)c12. The van der Waals surface area contributed by atoms with Crippen molar-refractivity contribution in [1.29, 1.82) is 0 Å². The molecule has 2 aromatic rings. The zero-order chi connectivity index (χ0) is 11.9. The van der Waals surface area contributed by atoms with E-state index in [1.54, 1.807) is 0 Å². The van der Waals surface area contributed by atoms with Gasteiger partial charge in [-0.1, -0.05) is 0 Å². The van der Waals surface area contributed by atoms with Crippen LogP contribution in [-0.4, -0.2) is 20.4 Å². The van der Waals surface area contributed by atoms with E-state index in [1.807, 2.05) is 0 Å². The van der Waals surface area contributed by atoms with Gasteiger partial charge in [-0.15, -0.1) is 0 Å². The Balaban J connectivity index is 2.99. The average molecular weight is 224 g/mol. The van der Waals surface area contributed by atoms with Crippen LogP contribution in [0.25, 0.3) is 11.0 Å². The Morgan fingerprint density at radius 3 is 2.50 bits per heavy atom. The normalized spacial score (nSPS) is 10.8.